The van der Waals surface area contributed by atoms with Gasteiger partial charge in [0.2, 0.25) is 10.0 Å². The summed E-state index contributed by atoms with van der Waals surface area (Å²) in [5.74, 6) is -0.256. The number of sulfonamides is 1. The zero-order chi connectivity index (χ0) is 20.1. The van der Waals surface area contributed by atoms with Gasteiger partial charge in [-0.25, -0.2) is 13.1 Å². The maximum absolute atomic E-state index is 12.5. The van der Waals surface area contributed by atoms with Crippen molar-refractivity contribution in [2.75, 3.05) is 6.54 Å². The number of hydrogen-bond donors (Lipinski definition) is 2. The van der Waals surface area contributed by atoms with E-state index in [1.165, 1.54) is 17.7 Å². The predicted octanol–water partition coefficient (Wildman–Crippen LogP) is 3.43. The van der Waals surface area contributed by atoms with Gasteiger partial charge in [0.1, 0.15) is 0 Å². The smallest absolute Gasteiger partial charge is 0.251 e. The van der Waals surface area contributed by atoms with E-state index in [-0.39, 0.29) is 10.8 Å². The Labute approximate surface area is 162 Å². The van der Waals surface area contributed by atoms with Crippen molar-refractivity contribution in [2.24, 2.45) is 0 Å². The zero-order valence-corrected chi connectivity index (χ0v) is 17.2. The predicted molar refractivity (Wildman–Crippen MR) is 108 cm³/mol. The largest absolute Gasteiger partial charge is 0.352 e. The molecule has 0 aromatic heterocycles. The van der Waals surface area contributed by atoms with E-state index in [4.69, 9.17) is 0 Å². The maximum atomic E-state index is 12.5. The Bertz CT molecular complexity index is 885. The Morgan fingerprint density at radius 3 is 2.33 bits per heavy atom. The van der Waals surface area contributed by atoms with Gasteiger partial charge in [-0.15, -0.1) is 0 Å². The van der Waals surface area contributed by atoms with E-state index in [1.54, 1.807) is 33.8 Å². The molecular formula is C21H28N2O3S. The van der Waals surface area contributed by atoms with Crippen LogP contribution in [0.1, 0.15) is 48.7 Å². The molecule has 0 fully saturated rings. The second-order valence-electron chi connectivity index (χ2n) is 7.68. The molecule has 6 heteroatoms. The van der Waals surface area contributed by atoms with Gasteiger partial charge in [-0.2, -0.15) is 0 Å². The Kier molecular flexibility index (Phi) is 6.78. The monoisotopic (exact) mass is 388 g/mol. The van der Waals surface area contributed by atoms with Crippen LogP contribution in [0.3, 0.4) is 0 Å². The van der Waals surface area contributed by atoms with E-state index < -0.39 is 15.6 Å². The lowest BCUT2D eigenvalue weighted by Crippen LogP contribution is -2.40. The molecule has 0 spiro atoms. The van der Waals surface area contributed by atoms with Crippen molar-refractivity contribution in [2.45, 2.75) is 51.0 Å². The minimum atomic E-state index is -3.68. The summed E-state index contributed by atoms with van der Waals surface area (Å²) in [4.78, 5) is 12.6. The molecule has 1 amide bonds. The molecule has 0 aliphatic carbocycles. The number of nitrogens with one attached hydrogen (secondary N) is 2. The van der Waals surface area contributed by atoms with Gasteiger partial charge in [-0.3, -0.25) is 4.79 Å². The van der Waals surface area contributed by atoms with E-state index in [0.29, 0.717) is 12.1 Å². The van der Waals surface area contributed by atoms with Crippen LogP contribution < -0.4 is 10.0 Å². The van der Waals surface area contributed by atoms with Gasteiger partial charge in [-0.1, -0.05) is 36.4 Å². The summed E-state index contributed by atoms with van der Waals surface area (Å²) >= 11 is 0. The van der Waals surface area contributed by atoms with Crippen molar-refractivity contribution in [3.05, 3.63) is 65.2 Å². The van der Waals surface area contributed by atoms with Gasteiger partial charge in [0.25, 0.3) is 5.91 Å². The minimum Gasteiger partial charge on any atom is -0.352 e. The van der Waals surface area contributed by atoms with Crippen molar-refractivity contribution < 1.29 is 13.2 Å². The van der Waals surface area contributed by atoms with Crippen molar-refractivity contribution >= 4 is 15.9 Å². The number of aryl methyl sites for hydroxylation is 2. The van der Waals surface area contributed by atoms with E-state index in [1.807, 2.05) is 18.2 Å². The molecule has 0 unspecified atom stereocenters. The number of rotatable bonds is 7. The number of carbonyl (C=O) groups is 1. The SMILES string of the molecule is Cc1ccc(S(=O)(=O)NC(C)(C)C)cc1C(=O)NCCCc1ccccc1. The average Bonchev–Trinajstić information content (AvgIpc) is 2.57. The molecule has 2 rings (SSSR count). The maximum Gasteiger partial charge on any atom is 0.251 e. The van der Waals surface area contributed by atoms with Gasteiger partial charge < -0.3 is 5.32 Å². The lowest BCUT2D eigenvalue weighted by atomic mass is 10.1. The molecule has 0 aliphatic rings. The lowest BCUT2D eigenvalue weighted by Gasteiger charge is -2.20. The van der Waals surface area contributed by atoms with Gasteiger partial charge in [-0.05, 0) is 63.8 Å². The molecule has 0 radical (unpaired) electrons. The fourth-order valence-electron chi connectivity index (χ4n) is 2.71. The molecule has 0 saturated heterocycles. The fraction of sp³-hybridized carbons (Fsp3) is 0.381. The second-order valence-corrected chi connectivity index (χ2v) is 9.36. The highest BCUT2D eigenvalue weighted by Crippen LogP contribution is 2.17. The van der Waals surface area contributed by atoms with Crippen molar-refractivity contribution in [3.8, 4) is 0 Å². The van der Waals surface area contributed by atoms with Crippen LogP contribution in [0.4, 0.5) is 0 Å². The molecule has 2 aromatic carbocycles. The molecule has 27 heavy (non-hydrogen) atoms. The van der Waals surface area contributed by atoms with Crippen LogP contribution in [0.15, 0.2) is 53.4 Å². The number of amides is 1. The zero-order valence-electron chi connectivity index (χ0n) is 16.4. The van der Waals surface area contributed by atoms with Crippen LogP contribution in [0.5, 0.6) is 0 Å². The van der Waals surface area contributed by atoms with Gasteiger partial charge >= 0.3 is 0 Å². The number of benzene rings is 2. The highest BCUT2D eigenvalue weighted by Gasteiger charge is 2.23. The topological polar surface area (TPSA) is 75.3 Å². The van der Waals surface area contributed by atoms with Gasteiger partial charge in [0.15, 0.2) is 0 Å². The molecular weight excluding hydrogens is 360 g/mol. The second kappa shape index (κ2) is 8.67. The average molecular weight is 389 g/mol. The molecule has 0 saturated carbocycles. The van der Waals surface area contributed by atoms with E-state index in [2.05, 4.69) is 22.2 Å². The summed E-state index contributed by atoms with van der Waals surface area (Å²) in [6.45, 7) is 7.66. The first-order chi connectivity index (χ1) is 12.6. The first-order valence-electron chi connectivity index (χ1n) is 9.05. The molecule has 2 N–H and O–H groups in total. The standard InChI is InChI=1S/C21H28N2O3S/c1-16-12-13-18(27(25,26)23-21(2,3)4)15-19(16)20(24)22-14-8-11-17-9-6-5-7-10-17/h5-7,9-10,12-13,15,23H,8,11,14H2,1-4H3,(H,22,24). The minimum absolute atomic E-state index is 0.0949. The summed E-state index contributed by atoms with van der Waals surface area (Å²) in [6.07, 6.45) is 1.70. The van der Waals surface area contributed by atoms with Crippen molar-refractivity contribution in [3.63, 3.8) is 0 Å². The molecule has 5 nitrogen and oxygen atoms in total. The summed E-state index contributed by atoms with van der Waals surface area (Å²) < 4.78 is 27.6. The number of carbonyl (C=O) groups excluding carboxylic acids is 1. The Morgan fingerprint density at radius 2 is 1.70 bits per heavy atom. The Balaban J connectivity index is 2.03. The van der Waals surface area contributed by atoms with Crippen LogP contribution in [0.2, 0.25) is 0 Å². The molecule has 0 heterocycles. The van der Waals surface area contributed by atoms with Crippen LogP contribution in [0.25, 0.3) is 0 Å². The Hall–Kier alpha value is -2.18. The summed E-state index contributed by atoms with van der Waals surface area (Å²) in [5.41, 5.74) is 1.75. The van der Waals surface area contributed by atoms with Crippen LogP contribution in [-0.4, -0.2) is 26.4 Å². The lowest BCUT2D eigenvalue weighted by molar-refractivity contribution is 0.0952. The third-order valence-electron chi connectivity index (χ3n) is 3.98. The molecule has 0 bridgehead atoms. The molecule has 2 aromatic rings. The van der Waals surface area contributed by atoms with Crippen LogP contribution in [0, 0.1) is 6.92 Å². The third kappa shape index (κ3) is 6.48. The number of hydrogen-bond acceptors (Lipinski definition) is 3. The fourth-order valence-corrected chi connectivity index (χ4v) is 4.15. The van der Waals surface area contributed by atoms with Crippen LogP contribution in [-0.2, 0) is 16.4 Å². The third-order valence-corrected chi connectivity index (χ3v) is 5.73. The van der Waals surface area contributed by atoms with E-state index in [0.717, 1.165) is 18.4 Å². The summed E-state index contributed by atoms with van der Waals surface area (Å²) in [5, 5.41) is 2.88. The van der Waals surface area contributed by atoms with Crippen LogP contribution >= 0.6 is 0 Å². The molecule has 0 atom stereocenters. The first-order valence-corrected chi connectivity index (χ1v) is 10.5. The van der Waals surface area contributed by atoms with Gasteiger partial charge in [0.05, 0.1) is 4.90 Å². The first kappa shape index (κ1) is 21.1. The van der Waals surface area contributed by atoms with Gasteiger partial charge in [0, 0.05) is 17.6 Å². The normalized spacial score (nSPS) is 12.0. The highest BCUT2D eigenvalue weighted by atomic mass is 32.2. The van der Waals surface area contributed by atoms with Crippen molar-refractivity contribution in [1.29, 1.82) is 0 Å². The molecule has 146 valence electrons. The molecule has 0 aliphatic heterocycles. The van der Waals surface area contributed by atoms with Crippen molar-refractivity contribution in [1.82, 2.24) is 10.0 Å². The summed E-state index contributed by atoms with van der Waals surface area (Å²) in [7, 11) is -3.68. The summed E-state index contributed by atoms with van der Waals surface area (Å²) in [6, 6.07) is 14.7. The van der Waals surface area contributed by atoms with E-state index >= 15 is 0 Å². The highest BCUT2D eigenvalue weighted by molar-refractivity contribution is 7.89. The Morgan fingerprint density at radius 1 is 1.04 bits per heavy atom. The quantitative estimate of drug-likeness (QED) is 0.714. The van der Waals surface area contributed by atoms with E-state index in [9.17, 15) is 13.2 Å².